The first-order valence-corrected chi connectivity index (χ1v) is 6.68. The number of nitrogens with one attached hydrogen (secondary N) is 1. The lowest BCUT2D eigenvalue weighted by molar-refractivity contribution is 0.316. The average Bonchev–Trinajstić information content (AvgIpc) is 2.23. The smallest absolute Gasteiger partial charge is 0.0354 e. The van der Waals surface area contributed by atoms with Crippen LogP contribution in [0.3, 0.4) is 0 Å². The van der Waals surface area contributed by atoms with E-state index in [9.17, 15) is 0 Å². The second-order valence-electron chi connectivity index (χ2n) is 3.97. The van der Waals surface area contributed by atoms with Crippen molar-refractivity contribution in [2.24, 2.45) is 0 Å². The summed E-state index contributed by atoms with van der Waals surface area (Å²) in [6, 6.07) is 6.41. The molecule has 0 fully saturated rings. The molecule has 0 radical (unpaired) electrons. The van der Waals surface area contributed by atoms with E-state index in [0.717, 1.165) is 30.7 Å². The van der Waals surface area contributed by atoms with E-state index in [1.807, 2.05) is 0 Å². The molecule has 0 aliphatic heterocycles. The first kappa shape index (κ1) is 13.5. The van der Waals surface area contributed by atoms with E-state index in [1.165, 1.54) is 11.3 Å². The molecule has 0 saturated carbocycles. The minimum atomic E-state index is 0.998. The van der Waals surface area contributed by atoms with Gasteiger partial charge in [-0.3, -0.25) is 0 Å². The van der Waals surface area contributed by atoms with Crippen LogP contribution in [0.15, 0.2) is 22.7 Å². The Bertz CT molecular complexity index is 301. The van der Waals surface area contributed by atoms with Crippen molar-refractivity contribution in [3.05, 3.63) is 28.2 Å². The van der Waals surface area contributed by atoms with E-state index in [4.69, 9.17) is 0 Å². The number of hydrogen-bond donors (Lipinski definition) is 1. The quantitative estimate of drug-likeness (QED) is 0.860. The summed E-state index contributed by atoms with van der Waals surface area (Å²) in [5.74, 6) is 0. The van der Waals surface area contributed by atoms with Gasteiger partial charge in [0.25, 0.3) is 0 Å². The van der Waals surface area contributed by atoms with Gasteiger partial charge >= 0.3 is 0 Å². The van der Waals surface area contributed by atoms with Gasteiger partial charge in [-0.2, -0.15) is 0 Å². The molecule has 0 aliphatic carbocycles. The molecule has 1 N–H and O–H groups in total. The maximum atomic E-state index is 3.51. The Labute approximate surface area is 107 Å². The molecule has 0 saturated heterocycles. The monoisotopic (exact) mass is 284 g/mol. The molecule has 90 valence electrons. The van der Waals surface area contributed by atoms with Crippen LogP contribution in [0.1, 0.15) is 19.4 Å². The van der Waals surface area contributed by atoms with Gasteiger partial charge in [-0.1, -0.05) is 29.8 Å². The van der Waals surface area contributed by atoms with Crippen LogP contribution >= 0.6 is 15.9 Å². The van der Waals surface area contributed by atoms with Crippen molar-refractivity contribution in [3.63, 3.8) is 0 Å². The highest BCUT2D eigenvalue weighted by molar-refractivity contribution is 9.10. The Hall–Kier alpha value is -0.540. The lowest BCUT2D eigenvalue weighted by Gasteiger charge is -2.18. The molecule has 0 heterocycles. The van der Waals surface area contributed by atoms with Crippen LogP contribution in [0.25, 0.3) is 0 Å². The Morgan fingerprint density at radius 2 is 1.88 bits per heavy atom. The van der Waals surface area contributed by atoms with Crippen molar-refractivity contribution >= 4 is 21.6 Å². The van der Waals surface area contributed by atoms with Gasteiger partial charge in [0.1, 0.15) is 0 Å². The van der Waals surface area contributed by atoms with Crippen LogP contribution in [0.5, 0.6) is 0 Å². The molecule has 0 atom stereocenters. The Morgan fingerprint density at radius 3 is 2.44 bits per heavy atom. The summed E-state index contributed by atoms with van der Waals surface area (Å²) >= 11 is 3.51. The third kappa shape index (κ3) is 4.54. The maximum Gasteiger partial charge on any atom is 0.0354 e. The van der Waals surface area contributed by atoms with Gasteiger partial charge in [-0.15, -0.1) is 0 Å². The fourth-order valence-electron chi connectivity index (χ4n) is 1.74. The average molecular weight is 285 g/mol. The molecule has 2 nitrogen and oxygen atoms in total. The highest BCUT2D eigenvalue weighted by atomic mass is 79.9. The van der Waals surface area contributed by atoms with Gasteiger partial charge in [-0.05, 0) is 43.8 Å². The van der Waals surface area contributed by atoms with Crippen molar-refractivity contribution in [1.82, 2.24) is 4.90 Å². The third-order valence-corrected chi connectivity index (χ3v) is 3.15. The molecular formula is C13H21BrN2. The number of rotatable bonds is 6. The van der Waals surface area contributed by atoms with Crippen LogP contribution in [0.2, 0.25) is 0 Å². The Morgan fingerprint density at radius 1 is 1.19 bits per heavy atom. The number of halogens is 1. The summed E-state index contributed by atoms with van der Waals surface area (Å²) in [5.41, 5.74) is 2.47. The van der Waals surface area contributed by atoms with Crippen molar-refractivity contribution in [2.75, 3.05) is 31.5 Å². The SMILES string of the molecule is CCN(CC)CCNc1cc(C)cc(Br)c1. The third-order valence-electron chi connectivity index (χ3n) is 2.69. The summed E-state index contributed by atoms with van der Waals surface area (Å²) in [7, 11) is 0. The summed E-state index contributed by atoms with van der Waals surface area (Å²) in [6.45, 7) is 10.8. The van der Waals surface area contributed by atoms with Crippen LogP contribution in [-0.2, 0) is 0 Å². The topological polar surface area (TPSA) is 15.3 Å². The molecule has 3 heteroatoms. The van der Waals surface area contributed by atoms with Gasteiger partial charge < -0.3 is 10.2 Å². The second-order valence-corrected chi connectivity index (χ2v) is 4.89. The molecule has 0 aliphatic rings. The number of anilines is 1. The first-order chi connectivity index (χ1) is 7.65. The van der Waals surface area contributed by atoms with E-state index in [0.29, 0.717) is 0 Å². The fourth-order valence-corrected chi connectivity index (χ4v) is 2.34. The number of benzene rings is 1. The summed E-state index contributed by atoms with van der Waals surface area (Å²) < 4.78 is 1.14. The Kier molecular flexibility index (Phi) is 5.85. The number of likely N-dealkylation sites (N-methyl/N-ethyl adjacent to an activating group) is 1. The molecule has 1 rings (SSSR count). The summed E-state index contributed by atoms with van der Waals surface area (Å²) in [6.07, 6.45) is 0. The highest BCUT2D eigenvalue weighted by Gasteiger charge is 1.99. The molecule has 16 heavy (non-hydrogen) atoms. The van der Waals surface area contributed by atoms with Gasteiger partial charge in [-0.25, -0.2) is 0 Å². The predicted molar refractivity (Wildman–Crippen MR) is 75.2 cm³/mol. The highest BCUT2D eigenvalue weighted by Crippen LogP contribution is 2.18. The van der Waals surface area contributed by atoms with Gasteiger partial charge in [0.2, 0.25) is 0 Å². The van der Waals surface area contributed by atoms with E-state index < -0.39 is 0 Å². The molecule has 0 amide bonds. The van der Waals surface area contributed by atoms with E-state index in [1.54, 1.807) is 0 Å². The maximum absolute atomic E-state index is 3.51. The molecular weight excluding hydrogens is 264 g/mol. The molecule has 1 aromatic carbocycles. The van der Waals surface area contributed by atoms with E-state index >= 15 is 0 Å². The Balaban J connectivity index is 2.42. The van der Waals surface area contributed by atoms with Crippen LogP contribution in [-0.4, -0.2) is 31.1 Å². The number of nitrogens with zero attached hydrogens (tertiary/aromatic N) is 1. The molecule has 0 aromatic heterocycles. The van der Waals surface area contributed by atoms with Crippen molar-refractivity contribution in [1.29, 1.82) is 0 Å². The standard InChI is InChI=1S/C13H21BrN2/c1-4-16(5-2)7-6-15-13-9-11(3)8-12(14)10-13/h8-10,15H,4-7H2,1-3H3. The minimum Gasteiger partial charge on any atom is -0.384 e. The minimum absolute atomic E-state index is 0.998. The molecule has 0 bridgehead atoms. The summed E-state index contributed by atoms with van der Waals surface area (Å²) in [5, 5.41) is 3.45. The molecule has 1 aromatic rings. The van der Waals surface area contributed by atoms with Crippen LogP contribution in [0.4, 0.5) is 5.69 Å². The zero-order chi connectivity index (χ0) is 12.0. The zero-order valence-electron chi connectivity index (χ0n) is 10.4. The van der Waals surface area contributed by atoms with Crippen molar-refractivity contribution in [2.45, 2.75) is 20.8 Å². The first-order valence-electron chi connectivity index (χ1n) is 5.89. The number of aryl methyl sites for hydroxylation is 1. The molecule has 0 spiro atoms. The lowest BCUT2D eigenvalue weighted by atomic mass is 10.2. The second kappa shape index (κ2) is 6.92. The van der Waals surface area contributed by atoms with Gasteiger partial charge in [0.05, 0.1) is 0 Å². The van der Waals surface area contributed by atoms with Crippen molar-refractivity contribution in [3.8, 4) is 0 Å². The summed E-state index contributed by atoms with van der Waals surface area (Å²) in [4.78, 5) is 2.41. The van der Waals surface area contributed by atoms with E-state index in [-0.39, 0.29) is 0 Å². The van der Waals surface area contributed by atoms with Crippen molar-refractivity contribution < 1.29 is 0 Å². The fraction of sp³-hybridized carbons (Fsp3) is 0.538. The van der Waals surface area contributed by atoms with Crippen LogP contribution in [0, 0.1) is 6.92 Å². The van der Waals surface area contributed by atoms with Gasteiger partial charge in [0.15, 0.2) is 0 Å². The van der Waals surface area contributed by atoms with Gasteiger partial charge in [0, 0.05) is 23.2 Å². The zero-order valence-corrected chi connectivity index (χ0v) is 12.0. The molecule has 0 unspecified atom stereocenters. The predicted octanol–water partition coefficient (Wildman–Crippen LogP) is 3.51. The largest absolute Gasteiger partial charge is 0.384 e. The lowest BCUT2D eigenvalue weighted by Crippen LogP contribution is -2.28. The number of hydrogen-bond acceptors (Lipinski definition) is 2. The normalized spacial score (nSPS) is 10.8. The van der Waals surface area contributed by atoms with E-state index in [2.05, 4.69) is 65.1 Å². The van der Waals surface area contributed by atoms with Crippen LogP contribution < -0.4 is 5.32 Å².